The minimum atomic E-state index is -0.0332. The first kappa shape index (κ1) is 11.5. The van der Waals surface area contributed by atoms with Crippen molar-refractivity contribution in [3.8, 4) is 0 Å². The van der Waals surface area contributed by atoms with Crippen LogP contribution in [0, 0.1) is 0 Å². The first-order valence-electron chi connectivity index (χ1n) is 5.45. The summed E-state index contributed by atoms with van der Waals surface area (Å²) in [7, 11) is 2.00. The van der Waals surface area contributed by atoms with Gasteiger partial charge in [0.15, 0.2) is 0 Å². The number of aromatic nitrogens is 2. The van der Waals surface area contributed by atoms with E-state index in [0.29, 0.717) is 5.69 Å². The van der Waals surface area contributed by atoms with E-state index in [0.717, 1.165) is 17.8 Å². The molecule has 2 aromatic rings. The van der Waals surface area contributed by atoms with Crippen LogP contribution < -0.4 is 4.90 Å². The molecule has 0 aliphatic heterocycles. The molecular formula is C13H15N3O. The minimum Gasteiger partial charge on any atom is -0.390 e. The largest absolute Gasteiger partial charge is 0.390 e. The van der Waals surface area contributed by atoms with Crippen LogP contribution in [0.15, 0.2) is 42.9 Å². The lowest BCUT2D eigenvalue weighted by molar-refractivity contribution is 0.277. The molecule has 0 saturated heterocycles. The lowest BCUT2D eigenvalue weighted by Gasteiger charge is -2.19. The van der Waals surface area contributed by atoms with Crippen molar-refractivity contribution >= 4 is 5.69 Å². The Hall–Kier alpha value is -1.94. The highest BCUT2D eigenvalue weighted by Crippen LogP contribution is 2.15. The summed E-state index contributed by atoms with van der Waals surface area (Å²) in [6, 6.07) is 7.78. The zero-order chi connectivity index (χ0) is 12.1. The van der Waals surface area contributed by atoms with Gasteiger partial charge in [-0.25, -0.2) is 0 Å². The van der Waals surface area contributed by atoms with Crippen LogP contribution in [0.25, 0.3) is 0 Å². The number of nitrogens with zero attached hydrogens (tertiary/aromatic N) is 3. The summed E-state index contributed by atoms with van der Waals surface area (Å²) in [4.78, 5) is 10.2. The first-order chi connectivity index (χ1) is 8.29. The van der Waals surface area contributed by atoms with Gasteiger partial charge in [0, 0.05) is 37.9 Å². The zero-order valence-electron chi connectivity index (χ0n) is 9.74. The molecule has 4 nitrogen and oxygen atoms in total. The molecule has 0 aliphatic carbocycles. The van der Waals surface area contributed by atoms with Crippen molar-refractivity contribution in [3.05, 3.63) is 54.1 Å². The van der Waals surface area contributed by atoms with E-state index in [1.54, 1.807) is 12.4 Å². The summed E-state index contributed by atoms with van der Waals surface area (Å²) < 4.78 is 0. The number of aliphatic hydroxyl groups excluding tert-OH is 1. The van der Waals surface area contributed by atoms with Crippen LogP contribution in [0.4, 0.5) is 5.69 Å². The molecule has 4 heteroatoms. The smallest absolute Gasteiger partial charge is 0.0853 e. The Morgan fingerprint density at radius 3 is 2.88 bits per heavy atom. The van der Waals surface area contributed by atoms with Gasteiger partial charge in [-0.05, 0) is 23.8 Å². The number of pyridine rings is 2. The van der Waals surface area contributed by atoms with Gasteiger partial charge in [0.25, 0.3) is 0 Å². The van der Waals surface area contributed by atoms with Crippen LogP contribution in [-0.4, -0.2) is 22.1 Å². The van der Waals surface area contributed by atoms with E-state index >= 15 is 0 Å². The van der Waals surface area contributed by atoms with Crippen molar-refractivity contribution in [2.75, 3.05) is 11.9 Å². The predicted octanol–water partition coefficient (Wildman–Crippen LogP) is 1.61. The lowest BCUT2D eigenvalue weighted by Crippen LogP contribution is -2.16. The number of anilines is 1. The van der Waals surface area contributed by atoms with E-state index in [1.807, 2.05) is 37.5 Å². The molecule has 0 saturated carbocycles. The van der Waals surface area contributed by atoms with Crippen molar-refractivity contribution in [1.82, 2.24) is 9.97 Å². The molecule has 0 bridgehead atoms. The number of rotatable bonds is 4. The summed E-state index contributed by atoms with van der Waals surface area (Å²) in [5.74, 6) is 0. The van der Waals surface area contributed by atoms with Crippen LogP contribution in [0.2, 0.25) is 0 Å². The van der Waals surface area contributed by atoms with Gasteiger partial charge in [0.05, 0.1) is 12.3 Å². The molecule has 0 amide bonds. The number of aliphatic hydroxyl groups is 1. The summed E-state index contributed by atoms with van der Waals surface area (Å²) in [5.41, 5.74) is 2.87. The molecule has 0 spiro atoms. The van der Waals surface area contributed by atoms with Crippen molar-refractivity contribution in [2.45, 2.75) is 13.2 Å². The zero-order valence-corrected chi connectivity index (χ0v) is 9.74. The first-order valence-corrected chi connectivity index (χ1v) is 5.45. The van der Waals surface area contributed by atoms with Gasteiger partial charge in [0.1, 0.15) is 0 Å². The maximum Gasteiger partial charge on any atom is 0.0853 e. The Morgan fingerprint density at radius 1 is 1.29 bits per heavy atom. The van der Waals surface area contributed by atoms with Gasteiger partial charge in [-0.15, -0.1) is 0 Å². The summed E-state index contributed by atoms with van der Waals surface area (Å²) >= 11 is 0. The second kappa shape index (κ2) is 5.41. The molecule has 0 aromatic carbocycles. The van der Waals surface area contributed by atoms with E-state index < -0.39 is 0 Å². The van der Waals surface area contributed by atoms with Crippen molar-refractivity contribution in [3.63, 3.8) is 0 Å². The third-order valence-corrected chi connectivity index (χ3v) is 2.55. The average molecular weight is 229 g/mol. The average Bonchev–Trinajstić information content (AvgIpc) is 2.40. The van der Waals surface area contributed by atoms with Gasteiger partial charge >= 0.3 is 0 Å². The maximum atomic E-state index is 9.04. The Balaban J connectivity index is 2.11. The van der Waals surface area contributed by atoms with Gasteiger partial charge in [-0.1, -0.05) is 6.07 Å². The van der Waals surface area contributed by atoms with Crippen molar-refractivity contribution < 1.29 is 5.11 Å². The molecular weight excluding hydrogens is 214 g/mol. The van der Waals surface area contributed by atoms with Gasteiger partial charge in [0.2, 0.25) is 0 Å². The highest BCUT2D eigenvalue weighted by atomic mass is 16.3. The molecule has 0 aliphatic rings. The Labute approximate surface area is 101 Å². The Kier molecular flexibility index (Phi) is 3.67. The van der Waals surface area contributed by atoms with E-state index in [-0.39, 0.29) is 6.61 Å². The Bertz CT molecular complexity index is 473. The van der Waals surface area contributed by atoms with Crippen molar-refractivity contribution in [2.24, 2.45) is 0 Å². The molecule has 1 N–H and O–H groups in total. The fourth-order valence-corrected chi connectivity index (χ4v) is 1.65. The maximum absolute atomic E-state index is 9.04. The van der Waals surface area contributed by atoms with Crippen molar-refractivity contribution in [1.29, 1.82) is 0 Å². The second-order valence-corrected chi connectivity index (χ2v) is 3.88. The SMILES string of the molecule is CN(Cc1cccnc1)c1ccnc(CO)c1. The molecule has 2 rings (SSSR count). The normalized spacial score (nSPS) is 10.2. The van der Waals surface area contributed by atoms with Gasteiger partial charge in [-0.3, -0.25) is 9.97 Å². The van der Waals surface area contributed by atoms with E-state index in [9.17, 15) is 0 Å². The number of hydrogen-bond acceptors (Lipinski definition) is 4. The highest BCUT2D eigenvalue weighted by molar-refractivity contribution is 5.46. The molecule has 0 fully saturated rings. The van der Waals surface area contributed by atoms with E-state index in [1.165, 1.54) is 0 Å². The van der Waals surface area contributed by atoms with E-state index in [4.69, 9.17) is 5.11 Å². The molecule has 88 valence electrons. The third-order valence-electron chi connectivity index (χ3n) is 2.55. The second-order valence-electron chi connectivity index (χ2n) is 3.88. The molecule has 2 heterocycles. The van der Waals surface area contributed by atoms with Gasteiger partial charge < -0.3 is 10.0 Å². The van der Waals surface area contributed by atoms with Crippen LogP contribution in [0.1, 0.15) is 11.3 Å². The standard InChI is InChI=1S/C13H15N3O/c1-16(9-11-3-2-5-14-8-11)13-4-6-15-12(7-13)10-17/h2-8,17H,9-10H2,1H3. The van der Waals surface area contributed by atoms with Gasteiger partial charge in [-0.2, -0.15) is 0 Å². The molecule has 0 unspecified atom stereocenters. The van der Waals surface area contributed by atoms with E-state index in [2.05, 4.69) is 14.9 Å². The topological polar surface area (TPSA) is 49.2 Å². The lowest BCUT2D eigenvalue weighted by atomic mass is 10.2. The minimum absolute atomic E-state index is 0.0332. The highest BCUT2D eigenvalue weighted by Gasteiger charge is 2.03. The molecule has 17 heavy (non-hydrogen) atoms. The summed E-state index contributed by atoms with van der Waals surface area (Å²) in [6.45, 7) is 0.747. The Morgan fingerprint density at radius 2 is 2.18 bits per heavy atom. The predicted molar refractivity (Wildman–Crippen MR) is 66.5 cm³/mol. The fourth-order valence-electron chi connectivity index (χ4n) is 1.65. The summed E-state index contributed by atoms with van der Waals surface area (Å²) in [6.07, 6.45) is 5.32. The molecule has 0 radical (unpaired) electrons. The molecule has 2 aromatic heterocycles. The van der Waals surface area contributed by atoms with Crippen LogP contribution in [0.5, 0.6) is 0 Å². The quantitative estimate of drug-likeness (QED) is 0.865. The molecule has 0 atom stereocenters. The monoisotopic (exact) mass is 229 g/mol. The van der Waals surface area contributed by atoms with Crippen LogP contribution >= 0.6 is 0 Å². The van der Waals surface area contributed by atoms with Crippen LogP contribution in [-0.2, 0) is 13.2 Å². The number of hydrogen-bond donors (Lipinski definition) is 1. The fraction of sp³-hybridized carbons (Fsp3) is 0.231. The third kappa shape index (κ3) is 3.01. The summed E-state index contributed by atoms with van der Waals surface area (Å²) in [5, 5.41) is 9.04. The van der Waals surface area contributed by atoms with Crippen LogP contribution in [0.3, 0.4) is 0 Å².